The van der Waals surface area contributed by atoms with Crippen LogP contribution in [0.5, 0.6) is 0 Å². The van der Waals surface area contributed by atoms with E-state index in [1.807, 2.05) is 0 Å². The van der Waals surface area contributed by atoms with Crippen LogP contribution in [0, 0.1) is 0 Å². The van der Waals surface area contributed by atoms with E-state index in [1.165, 1.54) is 149 Å². The van der Waals surface area contributed by atoms with E-state index in [9.17, 15) is 0 Å². The fourth-order valence-electron chi connectivity index (χ4n) is 14.9. The molecule has 0 bridgehead atoms. The van der Waals surface area contributed by atoms with E-state index in [4.69, 9.17) is 0 Å². The zero-order valence-corrected chi connectivity index (χ0v) is 42.1. The lowest BCUT2D eigenvalue weighted by Crippen LogP contribution is -2.28. The van der Waals surface area contributed by atoms with E-state index < -0.39 is 10.8 Å². The zero-order valence-electron chi connectivity index (χ0n) is 42.1. The minimum Gasteiger partial charge on any atom is -0.308 e. The number of rotatable bonds is 6. The maximum absolute atomic E-state index is 2.62. The molecule has 1 heteroatoms. The number of hydrogen-bond acceptors (Lipinski definition) is 0. The van der Waals surface area contributed by atoms with E-state index in [2.05, 4.69) is 290 Å². The van der Waals surface area contributed by atoms with Gasteiger partial charge in [-0.2, -0.15) is 0 Å². The Kier molecular flexibility index (Phi) is 8.75. The van der Waals surface area contributed by atoms with Gasteiger partial charge in [-0.1, -0.05) is 261 Å². The maximum atomic E-state index is 2.62. The molecule has 2 aliphatic rings. The molecule has 0 N–H and O–H groups in total. The second kappa shape index (κ2) is 15.9. The third-order valence-electron chi connectivity index (χ3n) is 17.8. The molecule has 0 unspecified atom stereocenters. The van der Waals surface area contributed by atoms with Gasteiger partial charge in [-0.25, -0.2) is 0 Å². The molecule has 0 fully saturated rings. The summed E-state index contributed by atoms with van der Waals surface area (Å²) in [5.74, 6) is 0. The lowest BCUT2D eigenvalue weighted by Gasteiger charge is -2.34. The molecule has 0 saturated heterocycles. The summed E-state index contributed by atoms with van der Waals surface area (Å²) in [5.41, 5.74) is 23.2. The molecule has 0 saturated carbocycles. The molecule has 356 valence electrons. The molecule has 17 rings (SSSR count). The van der Waals surface area contributed by atoms with Gasteiger partial charge in [0, 0.05) is 21.5 Å². The van der Waals surface area contributed by atoms with Crippen molar-refractivity contribution in [3.63, 3.8) is 0 Å². The van der Waals surface area contributed by atoms with Gasteiger partial charge < -0.3 is 4.40 Å². The van der Waals surface area contributed by atoms with E-state index >= 15 is 0 Å². The predicted molar refractivity (Wildman–Crippen MR) is 322 cm³/mol. The Labute approximate surface area is 446 Å². The van der Waals surface area contributed by atoms with Crippen molar-refractivity contribution in [3.05, 3.63) is 330 Å². The van der Waals surface area contributed by atoms with Crippen molar-refractivity contribution in [1.29, 1.82) is 0 Å². The van der Waals surface area contributed by atoms with Crippen molar-refractivity contribution in [1.82, 2.24) is 4.40 Å². The van der Waals surface area contributed by atoms with Crippen LogP contribution < -0.4 is 0 Å². The smallest absolute Gasteiger partial charge is 0.0713 e. The van der Waals surface area contributed by atoms with Gasteiger partial charge in [0.05, 0.1) is 27.4 Å². The summed E-state index contributed by atoms with van der Waals surface area (Å²) in [6, 6.07) is 108. The van der Waals surface area contributed by atoms with Gasteiger partial charge in [0.15, 0.2) is 0 Å². The highest BCUT2D eigenvalue weighted by Gasteiger charge is 2.48. The summed E-state index contributed by atoms with van der Waals surface area (Å²) in [6.45, 7) is 0. The number of para-hydroxylation sites is 1. The minimum atomic E-state index is -0.515. The SMILES string of the molecule is c1ccc(C2(c3ccccc3)c3ccccc3-c3ccc(-c4c5ccccc5cc5c4c4cccc6c7c(-c8ccc9c(c8)C(c8ccccc8)(c8ccccc8)c8ccccc8-9)c8ccccc8cc7n5c46)cc32)cc1. The summed E-state index contributed by atoms with van der Waals surface area (Å²) < 4.78 is 2.62. The van der Waals surface area contributed by atoms with Gasteiger partial charge in [0.25, 0.3) is 0 Å². The van der Waals surface area contributed by atoms with Crippen LogP contribution in [0.15, 0.2) is 285 Å². The largest absolute Gasteiger partial charge is 0.308 e. The summed E-state index contributed by atoms with van der Waals surface area (Å²) >= 11 is 0. The second-order valence-corrected chi connectivity index (χ2v) is 21.3. The Morgan fingerprint density at radius 1 is 0.247 bits per heavy atom. The highest BCUT2D eigenvalue weighted by Crippen LogP contribution is 2.60. The average molecular weight is 974 g/mol. The van der Waals surface area contributed by atoms with Crippen molar-refractivity contribution in [2.24, 2.45) is 0 Å². The van der Waals surface area contributed by atoms with Crippen LogP contribution in [0.3, 0.4) is 0 Å². The second-order valence-electron chi connectivity index (χ2n) is 21.3. The van der Waals surface area contributed by atoms with Crippen molar-refractivity contribution in [2.75, 3.05) is 0 Å². The molecule has 0 aliphatic heterocycles. The van der Waals surface area contributed by atoms with Crippen LogP contribution >= 0.6 is 0 Å². The predicted octanol–water partition coefficient (Wildman–Crippen LogP) is 19.2. The number of aromatic nitrogens is 1. The fourth-order valence-corrected chi connectivity index (χ4v) is 14.9. The van der Waals surface area contributed by atoms with E-state index in [0.717, 1.165) is 0 Å². The Morgan fingerprint density at radius 2 is 0.584 bits per heavy atom. The number of nitrogens with zero attached hydrogens (tertiary/aromatic N) is 1. The molecule has 2 aromatic heterocycles. The standard InChI is InChI=1S/C76H47N/c1-5-24-52(25-6-1)75(53-26-7-2-8-27-53)64-38-19-17-34-58(64)60-42-40-50(44-66(60)75)70-56-32-15-13-22-48(56)46-68-72(70)62-36-21-37-63-73-69(77(68)74(62)63)47-49-23-14-16-33-57(49)71(73)51-41-43-61-59-35-18-20-39-65(59)76(67(61)45-51,54-28-9-3-10-29-54)55-30-11-4-12-31-55/h1-47H. The quantitative estimate of drug-likeness (QED) is 0.156. The first-order valence-corrected chi connectivity index (χ1v) is 27.0. The topological polar surface area (TPSA) is 4.41 Å². The zero-order chi connectivity index (χ0) is 50.4. The molecule has 0 radical (unpaired) electrons. The molecule has 0 spiro atoms. The fraction of sp³-hybridized carbons (Fsp3) is 0.0263. The van der Waals surface area contributed by atoms with Gasteiger partial charge in [0.2, 0.25) is 0 Å². The summed E-state index contributed by atoms with van der Waals surface area (Å²) in [4.78, 5) is 0. The van der Waals surface area contributed by atoms with E-state index in [-0.39, 0.29) is 0 Å². The Morgan fingerprint density at radius 3 is 1.00 bits per heavy atom. The molecule has 2 aliphatic carbocycles. The summed E-state index contributed by atoms with van der Waals surface area (Å²) in [5, 5.41) is 10.1. The van der Waals surface area contributed by atoms with E-state index in [0.29, 0.717) is 0 Å². The molecule has 2 heterocycles. The molecular formula is C76H47N. The van der Waals surface area contributed by atoms with Crippen LogP contribution in [0.25, 0.3) is 104 Å². The van der Waals surface area contributed by atoms with Crippen molar-refractivity contribution in [2.45, 2.75) is 10.8 Å². The molecule has 0 amide bonds. The Balaban J connectivity index is 0.964. The highest BCUT2D eigenvalue weighted by molar-refractivity contribution is 6.32. The van der Waals surface area contributed by atoms with Crippen LogP contribution in [0.4, 0.5) is 0 Å². The van der Waals surface area contributed by atoms with Crippen molar-refractivity contribution >= 4 is 59.6 Å². The lowest BCUT2D eigenvalue weighted by atomic mass is 9.67. The first kappa shape index (κ1) is 42.5. The van der Waals surface area contributed by atoms with Gasteiger partial charge in [-0.05, 0) is 135 Å². The van der Waals surface area contributed by atoms with Gasteiger partial charge in [-0.3, -0.25) is 0 Å². The normalized spacial score (nSPS) is 13.9. The molecule has 0 atom stereocenters. The van der Waals surface area contributed by atoms with Crippen LogP contribution in [0.2, 0.25) is 0 Å². The molecule has 1 nitrogen and oxygen atoms in total. The van der Waals surface area contributed by atoms with Crippen LogP contribution in [-0.2, 0) is 10.8 Å². The van der Waals surface area contributed by atoms with Crippen molar-refractivity contribution < 1.29 is 0 Å². The molecule has 15 aromatic rings. The Hall–Kier alpha value is -9.82. The van der Waals surface area contributed by atoms with Crippen LogP contribution in [-0.4, -0.2) is 4.40 Å². The molecule has 77 heavy (non-hydrogen) atoms. The van der Waals surface area contributed by atoms with Crippen molar-refractivity contribution in [3.8, 4) is 44.5 Å². The average Bonchev–Trinajstić information content (AvgIpc) is 4.42. The van der Waals surface area contributed by atoms with Gasteiger partial charge >= 0.3 is 0 Å². The highest BCUT2D eigenvalue weighted by atomic mass is 14.9. The minimum absolute atomic E-state index is 0.515. The van der Waals surface area contributed by atoms with Gasteiger partial charge in [0.1, 0.15) is 0 Å². The maximum Gasteiger partial charge on any atom is 0.0713 e. The number of hydrogen-bond donors (Lipinski definition) is 0. The summed E-state index contributed by atoms with van der Waals surface area (Å²) in [7, 11) is 0. The van der Waals surface area contributed by atoms with E-state index in [1.54, 1.807) is 0 Å². The first-order valence-electron chi connectivity index (χ1n) is 27.0. The molecule has 13 aromatic carbocycles. The number of benzene rings is 13. The van der Waals surface area contributed by atoms with Crippen LogP contribution in [0.1, 0.15) is 44.5 Å². The third-order valence-corrected chi connectivity index (χ3v) is 17.8. The first-order chi connectivity index (χ1) is 38.2. The summed E-state index contributed by atoms with van der Waals surface area (Å²) in [6.07, 6.45) is 0. The lowest BCUT2D eigenvalue weighted by molar-refractivity contribution is 0.769. The molecular weight excluding hydrogens is 927 g/mol. The van der Waals surface area contributed by atoms with Gasteiger partial charge in [-0.15, -0.1) is 0 Å². The Bertz CT molecular complexity index is 4510. The number of fused-ring (bicyclic) bond motifs is 14. The third kappa shape index (κ3) is 5.52. The monoisotopic (exact) mass is 973 g/mol.